The molecule has 0 radical (unpaired) electrons. The highest BCUT2D eigenvalue weighted by molar-refractivity contribution is 6.04. The van der Waals surface area contributed by atoms with E-state index in [1.54, 1.807) is 18.2 Å². The zero-order valence-corrected chi connectivity index (χ0v) is 17.6. The topological polar surface area (TPSA) is 97.0 Å². The van der Waals surface area contributed by atoms with E-state index in [1.807, 2.05) is 12.1 Å². The van der Waals surface area contributed by atoms with E-state index in [1.165, 1.54) is 16.0 Å². The molecule has 0 saturated carbocycles. The first kappa shape index (κ1) is 20.4. The fourth-order valence-electron chi connectivity index (χ4n) is 4.59. The van der Waals surface area contributed by atoms with Gasteiger partial charge in [-0.3, -0.25) is 14.5 Å². The highest BCUT2D eigenvalue weighted by atomic mass is 16.7. The molecule has 1 aliphatic carbocycles. The molecule has 1 fully saturated rings. The van der Waals surface area contributed by atoms with Gasteiger partial charge in [-0.25, -0.2) is 4.79 Å². The number of nitrogens with one attached hydrogen (secondary N) is 2. The number of hydrogen-bond acceptors (Lipinski definition) is 5. The highest BCUT2D eigenvalue weighted by Gasteiger charge is 2.38. The largest absolute Gasteiger partial charge is 0.454 e. The third-order valence-corrected chi connectivity index (χ3v) is 6.25. The van der Waals surface area contributed by atoms with Crippen LogP contribution in [-0.2, 0) is 22.6 Å². The predicted molar refractivity (Wildman–Crippen MR) is 115 cm³/mol. The monoisotopic (exact) mass is 435 g/mol. The van der Waals surface area contributed by atoms with Crippen LogP contribution in [0.3, 0.4) is 0 Å². The molecule has 0 aromatic heterocycles. The van der Waals surface area contributed by atoms with Gasteiger partial charge in [0.15, 0.2) is 11.5 Å². The lowest BCUT2D eigenvalue weighted by Crippen LogP contribution is -2.34. The van der Waals surface area contributed by atoms with Crippen LogP contribution in [0.25, 0.3) is 0 Å². The maximum Gasteiger partial charge on any atom is 0.325 e. The van der Waals surface area contributed by atoms with Crippen molar-refractivity contribution in [3.63, 3.8) is 0 Å². The minimum Gasteiger partial charge on any atom is -0.454 e. The Hall–Kier alpha value is -3.55. The van der Waals surface area contributed by atoms with Gasteiger partial charge in [0.25, 0.3) is 5.91 Å². The molecule has 4 amide bonds. The lowest BCUT2D eigenvalue weighted by Gasteiger charge is -2.26. The summed E-state index contributed by atoms with van der Waals surface area (Å²) in [6.07, 6.45) is 3.42. The summed E-state index contributed by atoms with van der Waals surface area (Å²) in [5.41, 5.74) is 3.22. The predicted octanol–water partition coefficient (Wildman–Crippen LogP) is 2.81. The molecular weight excluding hydrogens is 410 g/mol. The third-order valence-electron chi connectivity index (χ3n) is 6.25. The molecule has 2 aromatic rings. The van der Waals surface area contributed by atoms with Crippen molar-refractivity contribution in [2.24, 2.45) is 0 Å². The number of urea groups is 1. The maximum absolute atomic E-state index is 12.8. The van der Waals surface area contributed by atoms with Crippen molar-refractivity contribution in [2.75, 3.05) is 6.79 Å². The Bertz CT molecular complexity index is 1070. The highest BCUT2D eigenvalue weighted by Crippen LogP contribution is 2.33. The van der Waals surface area contributed by atoms with E-state index in [2.05, 4.69) is 22.8 Å². The van der Waals surface area contributed by atoms with Gasteiger partial charge in [-0.1, -0.05) is 30.3 Å². The molecule has 0 spiro atoms. The van der Waals surface area contributed by atoms with Gasteiger partial charge in [0, 0.05) is 6.42 Å². The second-order valence-corrected chi connectivity index (χ2v) is 8.36. The zero-order chi connectivity index (χ0) is 22.1. The van der Waals surface area contributed by atoms with Gasteiger partial charge in [0.2, 0.25) is 12.7 Å². The first-order chi connectivity index (χ1) is 15.6. The molecule has 8 nitrogen and oxygen atoms in total. The number of hydrogen-bond donors (Lipinski definition) is 2. The number of imide groups is 1. The Kier molecular flexibility index (Phi) is 5.43. The van der Waals surface area contributed by atoms with Gasteiger partial charge in [0.1, 0.15) is 6.04 Å². The van der Waals surface area contributed by atoms with E-state index >= 15 is 0 Å². The van der Waals surface area contributed by atoms with Gasteiger partial charge in [-0.05, 0) is 54.5 Å². The zero-order valence-electron chi connectivity index (χ0n) is 17.6. The molecule has 2 N–H and O–H groups in total. The van der Waals surface area contributed by atoms with E-state index in [9.17, 15) is 14.4 Å². The molecule has 0 unspecified atom stereocenters. The second kappa shape index (κ2) is 8.53. The van der Waals surface area contributed by atoms with Crippen LogP contribution >= 0.6 is 0 Å². The summed E-state index contributed by atoms with van der Waals surface area (Å²) in [5.74, 6) is 0.828. The van der Waals surface area contributed by atoms with Crippen LogP contribution in [0.5, 0.6) is 11.5 Å². The number of nitrogens with zero attached hydrogens (tertiary/aromatic N) is 1. The average Bonchev–Trinajstić information content (AvgIpc) is 3.37. The quantitative estimate of drug-likeness (QED) is 0.680. The third kappa shape index (κ3) is 4.00. The minimum absolute atomic E-state index is 0.00354. The Morgan fingerprint density at radius 2 is 1.97 bits per heavy atom. The van der Waals surface area contributed by atoms with Crippen LogP contribution in [0.15, 0.2) is 42.5 Å². The summed E-state index contributed by atoms with van der Waals surface area (Å²) < 4.78 is 10.6. The summed E-state index contributed by atoms with van der Waals surface area (Å²) in [6.45, 7) is 0.307. The lowest BCUT2D eigenvalue weighted by atomic mass is 9.87. The Balaban J connectivity index is 1.16. The van der Waals surface area contributed by atoms with Gasteiger partial charge < -0.3 is 20.1 Å². The van der Waals surface area contributed by atoms with Crippen molar-refractivity contribution in [1.82, 2.24) is 15.5 Å². The smallest absolute Gasteiger partial charge is 0.325 e. The molecule has 1 saturated heterocycles. The fourth-order valence-corrected chi connectivity index (χ4v) is 4.59. The van der Waals surface area contributed by atoms with Gasteiger partial charge in [0.05, 0.1) is 12.6 Å². The summed E-state index contributed by atoms with van der Waals surface area (Å²) in [5, 5.41) is 5.80. The summed E-state index contributed by atoms with van der Waals surface area (Å²) >= 11 is 0. The lowest BCUT2D eigenvalue weighted by molar-refractivity contribution is -0.128. The van der Waals surface area contributed by atoms with Crippen molar-refractivity contribution in [3.05, 3.63) is 59.2 Å². The molecule has 32 heavy (non-hydrogen) atoms. The van der Waals surface area contributed by atoms with Gasteiger partial charge in [-0.15, -0.1) is 0 Å². The van der Waals surface area contributed by atoms with Crippen LogP contribution in [-0.4, -0.2) is 35.6 Å². The van der Waals surface area contributed by atoms with Crippen LogP contribution in [0.4, 0.5) is 4.79 Å². The number of aryl methyl sites for hydroxylation is 1. The molecule has 2 atom stereocenters. The van der Waals surface area contributed by atoms with Crippen LogP contribution in [0.1, 0.15) is 48.4 Å². The fraction of sp³-hybridized carbons (Fsp3) is 0.375. The minimum atomic E-state index is -0.694. The van der Waals surface area contributed by atoms with E-state index < -0.39 is 12.1 Å². The van der Waals surface area contributed by atoms with Gasteiger partial charge in [-0.2, -0.15) is 0 Å². The molecule has 0 bridgehead atoms. The van der Waals surface area contributed by atoms with Crippen LogP contribution in [0, 0.1) is 0 Å². The average molecular weight is 435 g/mol. The van der Waals surface area contributed by atoms with Crippen molar-refractivity contribution < 1.29 is 23.9 Å². The van der Waals surface area contributed by atoms with E-state index in [4.69, 9.17) is 9.47 Å². The van der Waals surface area contributed by atoms with Crippen LogP contribution in [0.2, 0.25) is 0 Å². The molecular formula is C24H25N3O5. The summed E-state index contributed by atoms with van der Waals surface area (Å²) in [6, 6.07) is 12.4. The standard InChI is InChI=1S/C24H25N3O5/c28-22(25-18-7-3-5-16-4-1-2-6-17(16)18)11-9-19-23(29)27(24(30)26-19)13-15-8-10-20-21(12-15)32-14-31-20/h1-2,4,6,8,10,12,18-19H,3,5,7,9,11,13-14H2,(H,25,28)(H,26,30)/t18-,19+/m1/s1. The molecule has 2 heterocycles. The molecule has 2 aromatic carbocycles. The van der Waals surface area contributed by atoms with E-state index in [0.29, 0.717) is 11.5 Å². The van der Waals surface area contributed by atoms with E-state index in [-0.39, 0.29) is 44.0 Å². The second-order valence-electron chi connectivity index (χ2n) is 8.36. The molecule has 3 aliphatic rings. The van der Waals surface area contributed by atoms with E-state index in [0.717, 1.165) is 24.8 Å². The molecule has 5 rings (SSSR count). The number of rotatable bonds is 6. The van der Waals surface area contributed by atoms with Crippen molar-refractivity contribution in [2.45, 2.75) is 50.7 Å². The Labute approximate surface area is 185 Å². The van der Waals surface area contributed by atoms with Crippen molar-refractivity contribution in [3.8, 4) is 11.5 Å². The number of ether oxygens (including phenoxy) is 2. The molecule has 2 aliphatic heterocycles. The summed E-state index contributed by atoms with van der Waals surface area (Å²) in [7, 11) is 0. The molecule has 8 heteroatoms. The Morgan fingerprint density at radius 1 is 1.12 bits per heavy atom. The van der Waals surface area contributed by atoms with Crippen molar-refractivity contribution in [1.29, 1.82) is 0 Å². The summed E-state index contributed by atoms with van der Waals surface area (Å²) in [4.78, 5) is 38.9. The van der Waals surface area contributed by atoms with Crippen LogP contribution < -0.4 is 20.1 Å². The van der Waals surface area contributed by atoms with Crippen molar-refractivity contribution >= 4 is 17.8 Å². The number of fused-ring (bicyclic) bond motifs is 2. The Morgan fingerprint density at radius 3 is 2.88 bits per heavy atom. The number of amides is 4. The van der Waals surface area contributed by atoms with Gasteiger partial charge >= 0.3 is 6.03 Å². The number of benzene rings is 2. The normalized spacial score (nSPS) is 21.3. The SMILES string of the molecule is O=C(CC[C@@H]1NC(=O)N(Cc2ccc3c(c2)OCO3)C1=O)N[C@@H]1CCCc2ccccc21. The number of carbonyl (C=O) groups is 3. The number of carbonyl (C=O) groups excluding carboxylic acids is 3. The molecule has 166 valence electrons. The maximum atomic E-state index is 12.8. The first-order valence-electron chi connectivity index (χ1n) is 11.0. The first-order valence-corrected chi connectivity index (χ1v) is 11.0.